The van der Waals surface area contributed by atoms with Gasteiger partial charge in [-0.25, -0.2) is 9.78 Å². The van der Waals surface area contributed by atoms with Crippen LogP contribution in [-0.4, -0.2) is 25.8 Å². The number of carboxylic acids is 1. The van der Waals surface area contributed by atoms with Crippen LogP contribution in [0.5, 0.6) is 0 Å². The van der Waals surface area contributed by atoms with E-state index in [2.05, 4.69) is 15.4 Å². The zero-order valence-electron chi connectivity index (χ0n) is 12.7. The first kappa shape index (κ1) is 15.0. The molecule has 0 atom stereocenters. The fourth-order valence-electron chi connectivity index (χ4n) is 1.97. The van der Waals surface area contributed by atoms with Gasteiger partial charge in [-0.15, -0.1) is 0 Å². The Hall–Kier alpha value is -2.37. The number of carbonyl (C=O) groups is 1. The van der Waals surface area contributed by atoms with Gasteiger partial charge >= 0.3 is 5.97 Å². The lowest BCUT2D eigenvalue weighted by atomic mass is 10.1. The lowest BCUT2D eigenvalue weighted by Crippen LogP contribution is -2.08. The number of pyridine rings is 1. The van der Waals surface area contributed by atoms with Gasteiger partial charge in [0.15, 0.2) is 0 Å². The maximum absolute atomic E-state index is 11.2. The van der Waals surface area contributed by atoms with E-state index in [1.54, 1.807) is 23.0 Å². The van der Waals surface area contributed by atoms with Crippen molar-refractivity contribution < 1.29 is 9.90 Å². The molecule has 112 valence electrons. The predicted octanol–water partition coefficient (Wildman–Crippen LogP) is 2.56. The third-order valence-electron chi connectivity index (χ3n) is 3.48. The molecule has 0 spiro atoms. The minimum Gasteiger partial charge on any atom is -0.478 e. The highest BCUT2D eigenvalue weighted by atomic mass is 16.4. The minimum atomic E-state index is -0.945. The van der Waals surface area contributed by atoms with Gasteiger partial charge in [-0.1, -0.05) is 13.8 Å². The quantitative estimate of drug-likeness (QED) is 0.883. The second-order valence-corrected chi connectivity index (χ2v) is 5.36. The smallest absolute Gasteiger partial charge is 0.335 e. The number of aromatic nitrogens is 3. The summed E-state index contributed by atoms with van der Waals surface area (Å²) in [4.78, 5) is 15.7. The number of nitrogens with one attached hydrogen (secondary N) is 1. The van der Waals surface area contributed by atoms with Crippen LogP contribution in [0.3, 0.4) is 0 Å². The first-order chi connectivity index (χ1) is 9.88. The van der Waals surface area contributed by atoms with Gasteiger partial charge in [-0.05, 0) is 25.0 Å². The van der Waals surface area contributed by atoms with Crippen LogP contribution in [-0.2, 0) is 13.6 Å². The molecule has 0 fully saturated rings. The summed E-state index contributed by atoms with van der Waals surface area (Å²) in [6.45, 7) is 6.53. The molecule has 0 bridgehead atoms. The Kier molecular flexibility index (Phi) is 4.26. The number of carboxylic acid groups (broad SMARTS) is 1. The number of anilines is 1. The van der Waals surface area contributed by atoms with Crippen LogP contribution in [0.2, 0.25) is 0 Å². The summed E-state index contributed by atoms with van der Waals surface area (Å²) < 4.78 is 1.80. The van der Waals surface area contributed by atoms with Crippen molar-refractivity contribution in [1.82, 2.24) is 14.8 Å². The highest BCUT2D eigenvalue weighted by Crippen LogP contribution is 2.18. The summed E-state index contributed by atoms with van der Waals surface area (Å²) in [6.07, 6.45) is 1.80. The lowest BCUT2D eigenvalue weighted by molar-refractivity contribution is 0.0696. The molecular weight excluding hydrogens is 268 g/mol. The highest BCUT2D eigenvalue weighted by molar-refractivity contribution is 5.88. The van der Waals surface area contributed by atoms with Crippen molar-refractivity contribution in [2.24, 2.45) is 7.05 Å². The Morgan fingerprint density at radius 1 is 1.43 bits per heavy atom. The molecule has 0 aromatic carbocycles. The topological polar surface area (TPSA) is 80.0 Å². The summed E-state index contributed by atoms with van der Waals surface area (Å²) in [7, 11) is 1.89. The van der Waals surface area contributed by atoms with Crippen molar-refractivity contribution in [2.75, 3.05) is 5.32 Å². The molecule has 0 saturated heterocycles. The average molecular weight is 288 g/mol. The molecule has 0 saturated carbocycles. The second kappa shape index (κ2) is 5.95. The minimum absolute atomic E-state index is 0.171. The third kappa shape index (κ3) is 3.39. The van der Waals surface area contributed by atoms with E-state index in [0.29, 0.717) is 12.4 Å². The maximum Gasteiger partial charge on any atom is 0.335 e. The van der Waals surface area contributed by atoms with E-state index in [0.717, 1.165) is 17.0 Å². The molecule has 0 aliphatic carbocycles. The van der Waals surface area contributed by atoms with E-state index in [9.17, 15) is 9.90 Å². The normalized spacial score (nSPS) is 10.9. The Bertz CT molecular complexity index is 662. The SMILES string of the molecule is Cc1c(CNc2cc(C(=O)O)cc(C(C)C)n2)cnn1C. The zero-order valence-corrected chi connectivity index (χ0v) is 12.7. The number of aromatic carboxylic acids is 1. The maximum atomic E-state index is 11.2. The standard InChI is InChI=1S/C15H20N4O2/c1-9(2)13-5-11(15(20)21)6-14(18-13)16-7-12-8-17-19(4)10(12)3/h5-6,8-9H,7H2,1-4H3,(H,16,18)(H,20,21). The van der Waals surface area contributed by atoms with Gasteiger partial charge in [0, 0.05) is 30.5 Å². The van der Waals surface area contributed by atoms with Crippen LogP contribution in [0.4, 0.5) is 5.82 Å². The molecule has 2 aromatic rings. The van der Waals surface area contributed by atoms with Crippen molar-refractivity contribution in [2.45, 2.75) is 33.2 Å². The van der Waals surface area contributed by atoms with Gasteiger partial charge in [-0.3, -0.25) is 4.68 Å². The van der Waals surface area contributed by atoms with E-state index in [4.69, 9.17) is 0 Å². The van der Waals surface area contributed by atoms with Gasteiger partial charge in [-0.2, -0.15) is 5.10 Å². The molecule has 0 aliphatic heterocycles. The van der Waals surface area contributed by atoms with Crippen LogP contribution in [0, 0.1) is 6.92 Å². The van der Waals surface area contributed by atoms with Crippen molar-refractivity contribution in [3.63, 3.8) is 0 Å². The number of hydrogen-bond donors (Lipinski definition) is 2. The van der Waals surface area contributed by atoms with Crippen molar-refractivity contribution >= 4 is 11.8 Å². The summed E-state index contributed by atoms with van der Waals surface area (Å²) >= 11 is 0. The predicted molar refractivity (Wildman–Crippen MR) is 80.6 cm³/mol. The Balaban J connectivity index is 2.23. The van der Waals surface area contributed by atoms with Gasteiger partial charge in [0.25, 0.3) is 0 Å². The Morgan fingerprint density at radius 2 is 2.14 bits per heavy atom. The van der Waals surface area contributed by atoms with Gasteiger partial charge < -0.3 is 10.4 Å². The molecule has 2 heterocycles. The summed E-state index contributed by atoms with van der Waals surface area (Å²) in [5.41, 5.74) is 3.14. The van der Waals surface area contributed by atoms with Gasteiger partial charge in [0.2, 0.25) is 0 Å². The zero-order chi connectivity index (χ0) is 15.6. The molecule has 2 rings (SSSR count). The molecule has 0 amide bonds. The molecule has 0 radical (unpaired) electrons. The fraction of sp³-hybridized carbons (Fsp3) is 0.400. The number of hydrogen-bond acceptors (Lipinski definition) is 4. The van der Waals surface area contributed by atoms with Crippen LogP contribution in [0.1, 0.15) is 47.1 Å². The number of aryl methyl sites for hydroxylation is 1. The molecule has 2 N–H and O–H groups in total. The molecule has 2 aromatic heterocycles. The first-order valence-corrected chi connectivity index (χ1v) is 6.85. The fourth-order valence-corrected chi connectivity index (χ4v) is 1.97. The van der Waals surface area contributed by atoms with E-state index in [-0.39, 0.29) is 11.5 Å². The van der Waals surface area contributed by atoms with Crippen molar-refractivity contribution in [1.29, 1.82) is 0 Å². The van der Waals surface area contributed by atoms with Gasteiger partial charge in [0.05, 0.1) is 11.8 Å². The largest absolute Gasteiger partial charge is 0.478 e. The Morgan fingerprint density at radius 3 is 2.67 bits per heavy atom. The van der Waals surface area contributed by atoms with Crippen molar-refractivity contribution in [3.8, 4) is 0 Å². The number of nitrogens with zero attached hydrogens (tertiary/aromatic N) is 3. The molecule has 6 nitrogen and oxygen atoms in total. The van der Waals surface area contributed by atoms with Crippen LogP contribution in [0.25, 0.3) is 0 Å². The monoisotopic (exact) mass is 288 g/mol. The average Bonchev–Trinajstić information content (AvgIpc) is 2.76. The molecule has 0 aliphatic rings. The van der Waals surface area contributed by atoms with Crippen LogP contribution < -0.4 is 5.32 Å². The van der Waals surface area contributed by atoms with E-state index >= 15 is 0 Å². The van der Waals surface area contributed by atoms with Crippen molar-refractivity contribution in [3.05, 3.63) is 40.8 Å². The summed E-state index contributed by atoms with van der Waals surface area (Å²) in [5.74, 6) is -0.202. The van der Waals surface area contributed by atoms with Crippen LogP contribution in [0.15, 0.2) is 18.3 Å². The molecule has 0 unspecified atom stereocenters. The summed E-state index contributed by atoms with van der Waals surface area (Å²) in [6, 6.07) is 3.17. The lowest BCUT2D eigenvalue weighted by Gasteiger charge is -2.11. The van der Waals surface area contributed by atoms with Gasteiger partial charge in [0.1, 0.15) is 5.82 Å². The molecular formula is C15H20N4O2. The van der Waals surface area contributed by atoms with E-state index in [1.807, 2.05) is 27.8 Å². The van der Waals surface area contributed by atoms with E-state index < -0.39 is 5.97 Å². The third-order valence-corrected chi connectivity index (χ3v) is 3.48. The molecule has 21 heavy (non-hydrogen) atoms. The number of rotatable bonds is 5. The second-order valence-electron chi connectivity index (χ2n) is 5.36. The summed E-state index contributed by atoms with van der Waals surface area (Å²) in [5, 5.41) is 16.5. The molecule has 6 heteroatoms. The Labute approximate surface area is 123 Å². The van der Waals surface area contributed by atoms with E-state index in [1.165, 1.54) is 0 Å². The van der Waals surface area contributed by atoms with Crippen LogP contribution >= 0.6 is 0 Å². The first-order valence-electron chi connectivity index (χ1n) is 6.85. The highest BCUT2D eigenvalue weighted by Gasteiger charge is 2.11.